The number of hydrogen-bond donors (Lipinski definition) is 2. The smallest absolute Gasteiger partial charge is 0.230 e. The summed E-state index contributed by atoms with van der Waals surface area (Å²) in [4.78, 5) is 31.0. The van der Waals surface area contributed by atoms with Crippen molar-refractivity contribution in [3.05, 3.63) is 46.3 Å². The topological polar surface area (TPSA) is 132 Å². The highest BCUT2D eigenvalue weighted by molar-refractivity contribution is 7.19. The number of anilines is 3. The van der Waals surface area contributed by atoms with Gasteiger partial charge in [-0.15, -0.1) is 0 Å². The normalized spacial score (nSPS) is 18.4. The number of aromatic nitrogens is 2. The number of thiazole rings is 1. The number of furan rings is 1. The van der Waals surface area contributed by atoms with Crippen LogP contribution in [0.25, 0.3) is 32.6 Å². The van der Waals surface area contributed by atoms with Crippen molar-refractivity contribution in [3.8, 4) is 16.3 Å². The van der Waals surface area contributed by atoms with Gasteiger partial charge in [0.25, 0.3) is 0 Å². The van der Waals surface area contributed by atoms with Crippen LogP contribution in [0.15, 0.2) is 49.7 Å². The van der Waals surface area contributed by atoms with Crippen LogP contribution in [-0.4, -0.2) is 54.2 Å². The average molecular weight is 580 g/mol. The third-order valence-corrected chi connectivity index (χ3v) is 8.77. The Labute approximate surface area is 235 Å². The van der Waals surface area contributed by atoms with Gasteiger partial charge in [0, 0.05) is 49.1 Å². The van der Waals surface area contributed by atoms with Gasteiger partial charge in [-0.05, 0) is 24.5 Å². The van der Waals surface area contributed by atoms with Crippen LogP contribution in [-0.2, 0) is 9.53 Å². The Kier molecular flexibility index (Phi) is 6.41. The van der Waals surface area contributed by atoms with Gasteiger partial charge in [0.05, 0.1) is 41.9 Å². The van der Waals surface area contributed by atoms with Gasteiger partial charge in [0.2, 0.25) is 16.9 Å². The Morgan fingerprint density at radius 2 is 2.08 bits per heavy atom. The molecule has 2 atom stereocenters. The maximum atomic E-state index is 12.7. The Morgan fingerprint density at radius 3 is 2.90 bits per heavy atom. The summed E-state index contributed by atoms with van der Waals surface area (Å²) in [6.45, 7) is 5.06. The van der Waals surface area contributed by atoms with Crippen molar-refractivity contribution in [2.45, 2.75) is 19.4 Å². The van der Waals surface area contributed by atoms with Crippen LogP contribution >= 0.6 is 22.9 Å². The zero-order chi connectivity index (χ0) is 27.2. The molecule has 6 heterocycles. The van der Waals surface area contributed by atoms with Crippen molar-refractivity contribution >= 4 is 67.4 Å². The van der Waals surface area contributed by atoms with Crippen molar-refractivity contribution in [2.75, 3.05) is 43.1 Å². The third-order valence-electron chi connectivity index (χ3n) is 7.18. The number of fused-ring (bicyclic) bond motifs is 2. The van der Waals surface area contributed by atoms with Crippen LogP contribution in [0.4, 0.5) is 16.6 Å². The number of morpholine rings is 1. The van der Waals surface area contributed by atoms with E-state index in [-0.39, 0.29) is 28.9 Å². The molecular weight excluding hydrogens is 554 g/mol. The molecule has 0 radical (unpaired) electrons. The summed E-state index contributed by atoms with van der Waals surface area (Å²) in [5, 5.41) is 10.6. The van der Waals surface area contributed by atoms with E-state index in [4.69, 9.17) is 18.3 Å². The minimum Gasteiger partial charge on any atom is -0.490 e. The molecule has 1 amide bonds. The van der Waals surface area contributed by atoms with E-state index in [2.05, 4.69) is 20.0 Å². The molecule has 2 saturated heterocycles. The maximum absolute atomic E-state index is 12.7. The fraction of sp³-hybridized carbons (Fsp3) is 0.333. The van der Waals surface area contributed by atoms with E-state index in [0.29, 0.717) is 67.1 Å². The third kappa shape index (κ3) is 4.69. The predicted molar refractivity (Wildman–Crippen MR) is 153 cm³/mol. The van der Waals surface area contributed by atoms with Gasteiger partial charge in [0.15, 0.2) is 11.5 Å². The molecule has 2 aliphatic heterocycles. The van der Waals surface area contributed by atoms with Gasteiger partial charge in [0.1, 0.15) is 28.1 Å². The highest BCUT2D eigenvalue weighted by Gasteiger charge is 2.28. The molecule has 0 saturated carbocycles. The fourth-order valence-corrected chi connectivity index (χ4v) is 6.48. The Morgan fingerprint density at radius 1 is 1.20 bits per heavy atom. The lowest BCUT2D eigenvalue weighted by Crippen LogP contribution is -2.36. The van der Waals surface area contributed by atoms with E-state index in [0.717, 1.165) is 21.6 Å². The zero-order valence-corrected chi connectivity index (χ0v) is 23.1. The minimum absolute atomic E-state index is 0.0567. The highest BCUT2D eigenvalue weighted by Crippen LogP contribution is 2.38. The largest absolute Gasteiger partial charge is 0.490 e. The molecule has 2 aliphatic rings. The van der Waals surface area contributed by atoms with Crippen LogP contribution in [0.2, 0.25) is 0 Å². The number of hydrogen-bond acceptors (Lipinski definition) is 12. The summed E-state index contributed by atoms with van der Waals surface area (Å²) in [6, 6.07) is 5.37. The van der Waals surface area contributed by atoms with Crippen LogP contribution in [0.3, 0.4) is 0 Å². The fourth-order valence-electron chi connectivity index (χ4n) is 4.98. The van der Waals surface area contributed by atoms with E-state index in [1.54, 1.807) is 6.20 Å². The number of amides is 1. The number of ether oxygens (including phenoxy) is 2. The lowest BCUT2D eigenvalue weighted by atomic mass is 10.0. The SMILES string of the molecule is C[C@H](Oc1cc(Nc2cnc(-c3coc4c(=O)cc(N5CCOCC5)oc34)s2)cc2nscc12)[C@@H]1CNC(=O)C1. The molecule has 1 aromatic carbocycles. The summed E-state index contributed by atoms with van der Waals surface area (Å²) in [7, 11) is 0. The molecule has 13 heteroatoms. The van der Waals surface area contributed by atoms with Gasteiger partial charge >= 0.3 is 0 Å². The molecular formula is C27H25N5O6S2. The molecule has 5 aromatic rings. The van der Waals surface area contributed by atoms with Gasteiger partial charge in [-0.2, -0.15) is 4.37 Å². The number of carbonyl (C=O) groups is 1. The maximum Gasteiger partial charge on any atom is 0.230 e. The van der Waals surface area contributed by atoms with Gasteiger partial charge in [-0.25, -0.2) is 4.98 Å². The lowest BCUT2D eigenvalue weighted by molar-refractivity contribution is -0.119. The van der Waals surface area contributed by atoms with E-state index in [1.165, 1.54) is 35.2 Å². The monoisotopic (exact) mass is 579 g/mol. The molecule has 0 spiro atoms. The first-order chi connectivity index (χ1) is 19.5. The first-order valence-corrected chi connectivity index (χ1v) is 14.6. The second-order valence-corrected chi connectivity index (χ2v) is 11.5. The van der Waals surface area contributed by atoms with E-state index < -0.39 is 0 Å². The molecule has 40 heavy (non-hydrogen) atoms. The van der Waals surface area contributed by atoms with Gasteiger partial charge in [-0.3, -0.25) is 9.59 Å². The quantitative estimate of drug-likeness (QED) is 0.282. The summed E-state index contributed by atoms with van der Waals surface area (Å²) in [5.41, 5.74) is 2.55. The lowest BCUT2D eigenvalue weighted by Gasteiger charge is -2.26. The summed E-state index contributed by atoms with van der Waals surface area (Å²) in [6.07, 6.45) is 3.56. The average Bonchev–Trinajstić information content (AvgIpc) is 3.76. The first kappa shape index (κ1) is 25.1. The second kappa shape index (κ2) is 10.2. The van der Waals surface area contributed by atoms with Crippen molar-refractivity contribution in [1.82, 2.24) is 14.7 Å². The Hall–Kier alpha value is -3.94. The number of carbonyl (C=O) groups excluding carboxylic acids is 1. The summed E-state index contributed by atoms with van der Waals surface area (Å²) < 4.78 is 28.0. The molecule has 0 unspecified atom stereocenters. The molecule has 7 rings (SSSR count). The Balaban J connectivity index is 1.16. The molecule has 4 aromatic heterocycles. The highest BCUT2D eigenvalue weighted by atomic mass is 32.1. The van der Waals surface area contributed by atoms with E-state index >= 15 is 0 Å². The van der Waals surface area contributed by atoms with Crippen molar-refractivity contribution in [1.29, 1.82) is 0 Å². The van der Waals surface area contributed by atoms with Gasteiger partial charge < -0.3 is 33.8 Å². The van der Waals surface area contributed by atoms with Gasteiger partial charge in [-0.1, -0.05) is 11.3 Å². The molecule has 0 bridgehead atoms. The number of rotatable bonds is 7. The van der Waals surface area contributed by atoms with E-state index in [9.17, 15) is 9.59 Å². The van der Waals surface area contributed by atoms with Crippen molar-refractivity contribution in [2.24, 2.45) is 5.92 Å². The van der Waals surface area contributed by atoms with Crippen molar-refractivity contribution in [3.63, 3.8) is 0 Å². The molecule has 11 nitrogen and oxygen atoms in total. The zero-order valence-electron chi connectivity index (χ0n) is 21.5. The van der Waals surface area contributed by atoms with Crippen LogP contribution < -0.4 is 25.7 Å². The minimum atomic E-state index is -0.236. The molecule has 2 N–H and O–H groups in total. The number of nitrogens with one attached hydrogen (secondary N) is 2. The number of benzene rings is 1. The molecule has 206 valence electrons. The van der Waals surface area contributed by atoms with Crippen LogP contribution in [0.1, 0.15) is 13.3 Å². The van der Waals surface area contributed by atoms with Crippen LogP contribution in [0, 0.1) is 5.92 Å². The second-order valence-electron chi connectivity index (χ2n) is 9.82. The summed E-state index contributed by atoms with van der Waals surface area (Å²) >= 11 is 2.78. The standard InChI is InChI=1S/C27H25N5O6S2/c1-14(15-6-22(34)28-10-15)37-21-8-16(7-19-18(21)13-39-31-19)30-23-11-29-27(40-23)17-12-36-26-20(33)9-24(38-25(17)26)32-2-4-35-5-3-32/h7-9,11-15,30H,2-6,10H2,1H3,(H,28,34)/t14-,15-/m0/s1. The van der Waals surface area contributed by atoms with Crippen molar-refractivity contribution < 1.29 is 23.1 Å². The predicted octanol–water partition coefficient (Wildman–Crippen LogP) is 4.60. The number of nitrogens with zero attached hydrogens (tertiary/aromatic N) is 3. The molecule has 0 aliphatic carbocycles. The Bertz CT molecular complexity index is 1770. The summed E-state index contributed by atoms with van der Waals surface area (Å²) in [5.74, 6) is 1.38. The van der Waals surface area contributed by atoms with E-state index in [1.807, 2.05) is 29.3 Å². The first-order valence-electron chi connectivity index (χ1n) is 12.9. The van der Waals surface area contributed by atoms with Crippen LogP contribution in [0.5, 0.6) is 5.75 Å². The molecule has 2 fully saturated rings.